The number of aliphatic hydroxyl groups is 3. The molecule has 0 amide bonds. The molecule has 0 aliphatic carbocycles. The molecule has 1 aliphatic heterocycles. The van der Waals surface area contributed by atoms with Gasteiger partial charge < -0.3 is 24.8 Å². The quantitative estimate of drug-likeness (QED) is 0.531. The zero-order valence-corrected chi connectivity index (χ0v) is 8.66. The third-order valence-electron chi connectivity index (χ3n) is 2.26. The predicted molar refractivity (Wildman–Crippen MR) is 49.0 cm³/mol. The van der Waals surface area contributed by atoms with Crippen LogP contribution in [0.1, 0.15) is 13.8 Å². The third-order valence-corrected chi connectivity index (χ3v) is 2.26. The molecule has 6 nitrogen and oxygen atoms in total. The maximum absolute atomic E-state index is 10.6. The number of ketones is 1. The van der Waals surface area contributed by atoms with Gasteiger partial charge in [0.1, 0.15) is 24.9 Å². The van der Waals surface area contributed by atoms with E-state index in [4.69, 9.17) is 9.47 Å². The van der Waals surface area contributed by atoms with Crippen LogP contribution in [0.5, 0.6) is 0 Å². The summed E-state index contributed by atoms with van der Waals surface area (Å²) in [7, 11) is 0. The number of hydrogen-bond acceptors (Lipinski definition) is 6. The zero-order chi connectivity index (χ0) is 11.6. The van der Waals surface area contributed by atoms with Crippen LogP contribution in [0.25, 0.3) is 0 Å². The van der Waals surface area contributed by atoms with Gasteiger partial charge >= 0.3 is 0 Å². The largest absolute Gasteiger partial charge is 0.388 e. The maximum Gasteiger partial charge on any atom is 0.187 e. The van der Waals surface area contributed by atoms with Gasteiger partial charge in [-0.15, -0.1) is 0 Å². The molecule has 0 bridgehead atoms. The first kappa shape index (κ1) is 12.5. The standard InChI is InChI=1S/C9H16O6/c1-4(10)3-14-9-8(13)7(12)6(11)5(2)15-9/h5-9,11-13H,3H2,1-2H3/t5-,6-,7-,8+,9-/m1/s1. The van der Waals surface area contributed by atoms with Gasteiger partial charge in [-0.05, 0) is 13.8 Å². The van der Waals surface area contributed by atoms with E-state index in [2.05, 4.69) is 0 Å². The average Bonchev–Trinajstić information content (AvgIpc) is 2.18. The van der Waals surface area contributed by atoms with Crippen LogP contribution in [0, 0.1) is 0 Å². The second-order valence-corrected chi connectivity index (χ2v) is 3.69. The Morgan fingerprint density at radius 1 is 1.27 bits per heavy atom. The first-order valence-electron chi connectivity index (χ1n) is 4.74. The summed E-state index contributed by atoms with van der Waals surface area (Å²) in [5.41, 5.74) is 0. The lowest BCUT2D eigenvalue weighted by Gasteiger charge is -2.38. The van der Waals surface area contributed by atoms with Crippen molar-refractivity contribution in [3.8, 4) is 0 Å². The molecular weight excluding hydrogens is 204 g/mol. The lowest BCUT2D eigenvalue weighted by molar-refractivity contribution is -0.291. The van der Waals surface area contributed by atoms with Gasteiger partial charge in [-0.3, -0.25) is 4.79 Å². The minimum atomic E-state index is -1.35. The van der Waals surface area contributed by atoms with Crippen molar-refractivity contribution in [1.82, 2.24) is 0 Å². The van der Waals surface area contributed by atoms with Gasteiger partial charge in [-0.1, -0.05) is 0 Å². The molecule has 1 heterocycles. The Morgan fingerprint density at radius 3 is 2.40 bits per heavy atom. The highest BCUT2D eigenvalue weighted by molar-refractivity contribution is 5.76. The summed E-state index contributed by atoms with van der Waals surface area (Å²) in [4.78, 5) is 10.6. The molecule has 0 saturated carbocycles. The molecule has 88 valence electrons. The van der Waals surface area contributed by atoms with E-state index in [9.17, 15) is 20.1 Å². The van der Waals surface area contributed by atoms with Crippen LogP contribution in [-0.2, 0) is 14.3 Å². The second kappa shape index (κ2) is 5.00. The number of aliphatic hydroxyl groups excluding tert-OH is 3. The Bertz CT molecular complexity index is 231. The minimum Gasteiger partial charge on any atom is -0.388 e. The van der Waals surface area contributed by atoms with Gasteiger partial charge in [0.2, 0.25) is 0 Å². The first-order valence-corrected chi connectivity index (χ1v) is 4.74. The molecule has 0 spiro atoms. The Morgan fingerprint density at radius 2 is 1.87 bits per heavy atom. The molecule has 0 aromatic heterocycles. The predicted octanol–water partition coefficient (Wildman–Crippen LogP) is -1.58. The summed E-state index contributed by atoms with van der Waals surface area (Å²) in [6, 6.07) is 0. The fourth-order valence-electron chi connectivity index (χ4n) is 1.35. The molecule has 0 aromatic rings. The van der Waals surface area contributed by atoms with Crippen LogP contribution in [0.4, 0.5) is 0 Å². The highest BCUT2D eigenvalue weighted by atomic mass is 16.7. The van der Waals surface area contributed by atoms with E-state index in [1.807, 2.05) is 0 Å². The summed E-state index contributed by atoms with van der Waals surface area (Å²) in [5, 5.41) is 28.2. The van der Waals surface area contributed by atoms with Crippen molar-refractivity contribution in [3.63, 3.8) is 0 Å². The Kier molecular flexibility index (Phi) is 4.18. The van der Waals surface area contributed by atoms with Crippen molar-refractivity contribution in [2.75, 3.05) is 6.61 Å². The van der Waals surface area contributed by atoms with Gasteiger partial charge in [-0.25, -0.2) is 0 Å². The van der Waals surface area contributed by atoms with Gasteiger partial charge in [0.05, 0.1) is 6.10 Å². The summed E-state index contributed by atoms with van der Waals surface area (Å²) < 4.78 is 10.1. The van der Waals surface area contributed by atoms with Gasteiger partial charge in [0.25, 0.3) is 0 Å². The van der Waals surface area contributed by atoms with E-state index < -0.39 is 30.7 Å². The summed E-state index contributed by atoms with van der Waals surface area (Å²) in [6.45, 7) is 2.69. The molecule has 15 heavy (non-hydrogen) atoms. The SMILES string of the molecule is CC(=O)CO[C@@H]1O[C@H](C)[C@@H](O)[C@@H](O)[C@@H]1O. The van der Waals surface area contributed by atoms with E-state index in [0.717, 1.165) is 0 Å². The minimum absolute atomic E-state index is 0.197. The molecule has 1 fully saturated rings. The first-order chi connectivity index (χ1) is 6.93. The number of hydrogen-bond donors (Lipinski definition) is 3. The van der Waals surface area contributed by atoms with Crippen molar-refractivity contribution < 1.29 is 29.6 Å². The van der Waals surface area contributed by atoms with E-state index in [0.29, 0.717) is 0 Å². The highest BCUT2D eigenvalue weighted by Gasteiger charge is 2.42. The highest BCUT2D eigenvalue weighted by Crippen LogP contribution is 2.21. The number of carbonyl (C=O) groups excluding carboxylic acids is 1. The molecule has 0 radical (unpaired) electrons. The fraction of sp³-hybridized carbons (Fsp3) is 0.889. The lowest BCUT2D eigenvalue weighted by Crippen LogP contribution is -2.57. The number of ether oxygens (including phenoxy) is 2. The Labute approximate surface area is 87.4 Å². The molecular formula is C9H16O6. The van der Waals surface area contributed by atoms with Crippen molar-refractivity contribution in [2.45, 2.75) is 44.6 Å². The van der Waals surface area contributed by atoms with Gasteiger partial charge in [-0.2, -0.15) is 0 Å². The van der Waals surface area contributed by atoms with Gasteiger partial charge in [0.15, 0.2) is 12.1 Å². The molecule has 5 atom stereocenters. The number of carbonyl (C=O) groups is 1. The maximum atomic E-state index is 10.6. The Hall–Kier alpha value is -0.530. The lowest BCUT2D eigenvalue weighted by atomic mass is 10.0. The number of Topliss-reactive ketones (excluding diaryl/α,β-unsaturated/α-hetero) is 1. The van der Waals surface area contributed by atoms with Crippen molar-refractivity contribution in [1.29, 1.82) is 0 Å². The fourth-order valence-corrected chi connectivity index (χ4v) is 1.35. The van der Waals surface area contributed by atoms with Crippen LogP contribution >= 0.6 is 0 Å². The summed E-state index contributed by atoms with van der Waals surface area (Å²) >= 11 is 0. The molecule has 0 unspecified atom stereocenters. The van der Waals surface area contributed by atoms with E-state index in [1.165, 1.54) is 6.92 Å². The number of rotatable bonds is 3. The molecule has 3 N–H and O–H groups in total. The summed E-state index contributed by atoms with van der Waals surface area (Å²) in [5.74, 6) is -0.209. The normalized spacial score (nSPS) is 41.5. The van der Waals surface area contributed by atoms with Crippen molar-refractivity contribution >= 4 is 5.78 Å². The van der Waals surface area contributed by atoms with E-state index >= 15 is 0 Å². The molecule has 1 aliphatic rings. The second-order valence-electron chi connectivity index (χ2n) is 3.69. The zero-order valence-electron chi connectivity index (χ0n) is 8.66. The van der Waals surface area contributed by atoms with E-state index in [-0.39, 0.29) is 12.4 Å². The van der Waals surface area contributed by atoms with Crippen LogP contribution < -0.4 is 0 Å². The third kappa shape index (κ3) is 2.96. The molecule has 6 heteroatoms. The monoisotopic (exact) mass is 220 g/mol. The van der Waals surface area contributed by atoms with Crippen LogP contribution in [-0.4, -0.2) is 58.4 Å². The molecule has 1 saturated heterocycles. The smallest absolute Gasteiger partial charge is 0.187 e. The van der Waals surface area contributed by atoms with Crippen molar-refractivity contribution in [3.05, 3.63) is 0 Å². The Balaban J connectivity index is 2.54. The van der Waals surface area contributed by atoms with Crippen molar-refractivity contribution in [2.24, 2.45) is 0 Å². The molecule has 1 rings (SSSR count). The van der Waals surface area contributed by atoms with Crippen LogP contribution in [0.15, 0.2) is 0 Å². The van der Waals surface area contributed by atoms with E-state index in [1.54, 1.807) is 6.92 Å². The summed E-state index contributed by atoms with van der Waals surface area (Å²) in [6.07, 6.45) is -5.57. The topological polar surface area (TPSA) is 96.2 Å². The average molecular weight is 220 g/mol. The van der Waals surface area contributed by atoms with Crippen LogP contribution in [0.3, 0.4) is 0 Å². The van der Waals surface area contributed by atoms with Gasteiger partial charge in [0, 0.05) is 0 Å². The van der Waals surface area contributed by atoms with Crippen LogP contribution in [0.2, 0.25) is 0 Å². The molecule has 0 aromatic carbocycles.